The van der Waals surface area contributed by atoms with Gasteiger partial charge in [0.2, 0.25) is 11.9 Å². The zero-order chi connectivity index (χ0) is 17.2. The number of carbonyl (C=O) groups excluding carboxylic acids is 1. The molecule has 4 rings (SSSR count). The smallest absolute Gasteiger partial charge is 0.248 e. The molecule has 2 N–H and O–H groups in total. The van der Waals surface area contributed by atoms with Crippen LogP contribution < -0.4 is 5.32 Å². The Balaban J connectivity index is 1.39. The SMILES string of the molecule is O=C(Nc1n[nH]c(Cc2cccc(F)c2)n1)C1Cc2ccccc2C1. The van der Waals surface area contributed by atoms with Gasteiger partial charge in [-0.3, -0.25) is 15.2 Å². The number of halogens is 1. The highest BCUT2D eigenvalue weighted by atomic mass is 19.1. The molecular weight excluding hydrogens is 319 g/mol. The largest absolute Gasteiger partial charge is 0.293 e. The molecular formula is C19H17FN4O. The number of rotatable bonds is 4. The lowest BCUT2D eigenvalue weighted by Crippen LogP contribution is -2.23. The number of nitrogens with zero attached hydrogens (tertiary/aromatic N) is 2. The number of nitrogens with one attached hydrogen (secondary N) is 2. The van der Waals surface area contributed by atoms with E-state index in [4.69, 9.17) is 0 Å². The van der Waals surface area contributed by atoms with Gasteiger partial charge >= 0.3 is 0 Å². The van der Waals surface area contributed by atoms with Crippen molar-refractivity contribution in [1.82, 2.24) is 15.2 Å². The van der Waals surface area contributed by atoms with Crippen molar-refractivity contribution in [3.63, 3.8) is 0 Å². The van der Waals surface area contributed by atoms with E-state index >= 15 is 0 Å². The Labute approximate surface area is 144 Å². The summed E-state index contributed by atoms with van der Waals surface area (Å²) in [5.41, 5.74) is 3.24. The van der Waals surface area contributed by atoms with Gasteiger partial charge in [0, 0.05) is 12.3 Å². The van der Waals surface area contributed by atoms with Gasteiger partial charge in [0.05, 0.1) is 0 Å². The third-order valence-corrected chi connectivity index (χ3v) is 4.45. The molecule has 3 aromatic rings. The molecule has 0 atom stereocenters. The van der Waals surface area contributed by atoms with E-state index in [1.54, 1.807) is 6.07 Å². The fourth-order valence-corrected chi connectivity index (χ4v) is 3.23. The second kappa shape index (κ2) is 6.47. The fourth-order valence-electron chi connectivity index (χ4n) is 3.23. The third-order valence-electron chi connectivity index (χ3n) is 4.45. The lowest BCUT2D eigenvalue weighted by molar-refractivity contribution is -0.119. The van der Waals surface area contributed by atoms with Crippen molar-refractivity contribution < 1.29 is 9.18 Å². The number of carbonyl (C=O) groups is 1. The Kier molecular flexibility index (Phi) is 4.01. The van der Waals surface area contributed by atoms with E-state index in [9.17, 15) is 9.18 Å². The highest BCUT2D eigenvalue weighted by Crippen LogP contribution is 2.27. The van der Waals surface area contributed by atoms with E-state index in [-0.39, 0.29) is 23.6 Å². The maximum absolute atomic E-state index is 13.2. The van der Waals surface area contributed by atoms with E-state index < -0.39 is 0 Å². The molecule has 0 spiro atoms. The predicted molar refractivity (Wildman–Crippen MR) is 91.6 cm³/mol. The normalized spacial score (nSPS) is 13.6. The minimum atomic E-state index is -0.286. The number of hydrogen-bond acceptors (Lipinski definition) is 3. The summed E-state index contributed by atoms with van der Waals surface area (Å²) in [6.45, 7) is 0. The monoisotopic (exact) mass is 336 g/mol. The second-order valence-corrected chi connectivity index (χ2v) is 6.28. The number of H-pyrrole nitrogens is 1. The van der Waals surface area contributed by atoms with Gasteiger partial charge in [-0.1, -0.05) is 36.4 Å². The summed E-state index contributed by atoms with van der Waals surface area (Å²) < 4.78 is 13.2. The van der Waals surface area contributed by atoms with Gasteiger partial charge in [-0.2, -0.15) is 4.98 Å². The highest BCUT2D eigenvalue weighted by Gasteiger charge is 2.27. The van der Waals surface area contributed by atoms with Gasteiger partial charge in [-0.25, -0.2) is 4.39 Å². The first kappa shape index (κ1) is 15.5. The topological polar surface area (TPSA) is 70.7 Å². The molecule has 126 valence electrons. The molecule has 0 bridgehead atoms. The molecule has 0 unspecified atom stereocenters. The highest BCUT2D eigenvalue weighted by molar-refractivity contribution is 5.91. The van der Waals surface area contributed by atoms with E-state index in [1.165, 1.54) is 23.3 Å². The third kappa shape index (κ3) is 3.42. The summed E-state index contributed by atoms with van der Waals surface area (Å²) >= 11 is 0. The summed E-state index contributed by atoms with van der Waals surface area (Å²) in [5, 5.41) is 9.59. The Hall–Kier alpha value is -3.02. The molecule has 0 fully saturated rings. The van der Waals surface area contributed by atoms with Crippen LogP contribution in [0.3, 0.4) is 0 Å². The van der Waals surface area contributed by atoms with E-state index in [0.717, 1.165) is 18.4 Å². The quantitative estimate of drug-likeness (QED) is 0.769. The molecule has 1 amide bonds. The minimum Gasteiger partial charge on any atom is -0.293 e. The minimum absolute atomic E-state index is 0.0764. The van der Waals surface area contributed by atoms with Crippen LogP contribution in [0.5, 0.6) is 0 Å². The maximum atomic E-state index is 13.2. The Morgan fingerprint density at radius 1 is 1.16 bits per heavy atom. The van der Waals surface area contributed by atoms with Crippen molar-refractivity contribution in [2.24, 2.45) is 5.92 Å². The van der Waals surface area contributed by atoms with E-state index in [2.05, 4.69) is 32.6 Å². The number of aromatic nitrogens is 3. The van der Waals surface area contributed by atoms with Gasteiger partial charge < -0.3 is 0 Å². The summed E-state index contributed by atoms with van der Waals surface area (Å²) in [6.07, 6.45) is 1.90. The van der Waals surface area contributed by atoms with E-state index in [1.807, 2.05) is 18.2 Å². The van der Waals surface area contributed by atoms with Gasteiger partial charge in [0.1, 0.15) is 11.6 Å². The average Bonchev–Trinajstić information content (AvgIpc) is 3.21. The first-order valence-corrected chi connectivity index (χ1v) is 8.21. The molecule has 6 heteroatoms. The van der Waals surface area contributed by atoms with Crippen LogP contribution in [-0.2, 0) is 24.1 Å². The van der Waals surface area contributed by atoms with Gasteiger partial charge in [0.15, 0.2) is 0 Å². The van der Waals surface area contributed by atoms with Crippen LogP contribution in [0.25, 0.3) is 0 Å². The Morgan fingerprint density at radius 2 is 1.92 bits per heavy atom. The zero-order valence-electron chi connectivity index (χ0n) is 13.5. The van der Waals surface area contributed by atoms with Crippen LogP contribution in [-0.4, -0.2) is 21.1 Å². The molecule has 1 aliphatic carbocycles. The Bertz CT molecular complexity index is 896. The van der Waals surface area contributed by atoms with Crippen LogP contribution in [0.1, 0.15) is 22.5 Å². The number of hydrogen-bond donors (Lipinski definition) is 2. The molecule has 0 saturated carbocycles. The molecule has 0 radical (unpaired) electrons. The number of benzene rings is 2. The molecule has 0 saturated heterocycles. The molecule has 1 heterocycles. The summed E-state index contributed by atoms with van der Waals surface area (Å²) in [5.74, 6) is 0.379. The van der Waals surface area contributed by atoms with Crippen molar-refractivity contribution in [2.75, 3.05) is 5.32 Å². The molecule has 1 aliphatic rings. The number of amides is 1. The lowest BCUT2D eigenvalue weighted by atomic mass is 10.1. The van der Waals surface area contributed by atoms with Crippen LogP contribution in [0.2, 0.25) is 0 Å². The molecule has 2 aromatic carbocycles. The van der Waals surface area contributed by atoms with Crippen molar-refractivity contribution in [3.8, 4) is 0 Å². The van der Waals surface area contributed by atoms with Gasteiger partial charge in [0.25, 0.3) is 0 Å². The van der Waals surface area contributed by atoms with E-state index in [0.29, 0.717) is 12.2 Å². The van der Waals surface area contributed by atoms with Crippen LogP contribution in [0.15, 0.2) is 48.5 Å². The van der Waals surface area contributed by atoms with Crippen molar-refractivity contribution >= 4 is 11.9 Å². The number of aromatic amines is 1. The van der Waals surface area contributed by atoms with Crippen LogP contribution in [0.4, 0.5) is 10.3 Å². The molecule has 25 heavy (non-hydrogen) atoms. The van der Waals surface area contributed by atoms with Crippen molar-refractivity contribution in [2.45, 2.75) is 19.3 Å². The van der Waals surface area contributed by atoms with Crippen LogP contribution >= 0.6 is 0 Å². The Morgan fingerprint density at radius 3 is 2.64 bits per heavy atom. The lowest BCUT2D eigenvalue weighted by Gasteiger charge is -2.07. The second-order valence-electron chi connectivity index (χ2n) is 6.28. The number of anilines is 1. The molecule has 0 aliphatic heterocycles. The molecule has 5 nitrogen and oxygen atoms in total. The predicted octanol–water partition coefficient (Wildman–Crippen LogP) is 2.89. The first-order valence-electron chi connectivity index (χ1n) is 8.21. The molecule has 1 aromatic heterocycles. The van der Waals surface area contributed by atoms with Crippen molar-refractivity contribution in [1.29, 1.82) is 0 Å². The fraction of sp³-hybridized carbons (Fsp3) is 0.211. The summed E-state index contributed by atoms with van der Waals surface area (Å²) in [6, 6.07) is 14.4. The average molecular weight is 336 g/mol. The van der Waals surface area contributed by atoms with Crippen LogP contribution in [0, 0.1) is 11.7 Å². The maximum Gasteiger partial charge on any atom is 0.248 e. The number of fused-ring (bicyclic) bond motifs is 1. The summed E-state index contributed by atoms with van der Waals surface area (Å²) in [7, 11) is 0. The zero-order valence-corrected chi connectivity index (χ0v) is 13.5. The van der Waals surface area contributed by atoms with Gasteiger partial charge in [-0.05, 0) is 41.7 Å². The summed E-state index contributed by atoms with van der Waals surface area (Å²) in [4.78, 5) is 16.7. The van der Waals surface area contributed by atoms with Gasteiger partial charge in [-0.15, -0.1) is 5.10 Å². The first-order chi connectivity index (χ1) is 12.2. The standard InChI is InChI=1S/C19H17FN4O/c20-16-7-3-4-12(8-16)9-17-21-19(24-23-17)22-18(25)15-10-13-5-1-2-6-14(13)11-15/h1-8,15H,9-11H2,(H2,21,22,23,24,25). The van der Waals surface area contributed by atoms with Crippen molar-refractivity contribution in [3.05, 3.63) is 76.9 Å².